The Labute approximate surface area is 117 Å². The van der Waals surface area contributed by atoms with E-state index in [0.717, 1.165) is 5.56 Å². The summed E-state index contributed by atoms with van der Waals surface area (Å²) in [5.41, 5.74) is 1.60. The molecule has 0 heterocycles. The number of hydrogen-bond acceptors (Lipinski definition) is 2. The fourth-order valence-corrected chi connectivity index (χ4v) is 2.26. The average molecular weight is 277 g/mol. The smallest absolute Gasteiger partial charge is 0.146 e. The number of aliphatic hydroxyl groups excluding tert-OH is 1. The number of rotatable bonds is 4. The van der Waals surface area contributed by atoms with Crippen molar-refractivity contribution in [3.63, 3.8) is 0 Å². The summed E-state index contributed by atoms with van der Waals surface area (Å²) >= 11 is 0. The van der Waals surface area contributed by atoms with Crippen molar-refractivity contribution in [3.05, 3.63) is 65.2 Å². The van der Waals surface area contributed by atoms with E-state index in [0.29, 0.717) is 17.8 Å². The number of aliphatic hydroxyl groups is 1. The third-order valence-electron chi connectivity index (χ3n) is 3.16. The third kappa shape index (κ3) is 3.14. The van der Waals surface area contributed by atoms with Crippen LogP contribution in [0.3, 0.4) is 0 Å². The lowest BCUT2D eigenvalue weighted by Crippen LogP contribution is -2.20. The highest BCUT2D eigenvalue weighted by Crippen LogP contribution is 2.29. The maximum absolute atomic E-state index is 14.0. The molecule has 2 aromatic carbocycles. The Morgan fingerprint density at radius 1 is 1.15 bits per heavy atom. The van der Waals surface area contributed by atoms with Gasteiger partial charge in [0.2, 0.25) is 0 Å². The second-order valence-electron chi connectivity index (χ2n) is 4.84. The molecule has 2 aromatic rings. The fourth-order valence-electron chi connectivity index (χ4n) is 2.26. The zero-order valence-electron chi connectivity index (χ0n) is 11.5. The standard InChI is InChI=1S/C16H17F2NO/c1-11(20)14-7-4-8-15(18)16(14)19(2)10-12-5-3-6-13(17)9-12/h3-9,11,20H,10H2,1-2H3/t11-/m1/s1. The molecule has 1 atom stereocenters. The summed E-state index contributed by atoms with van der Waals surface area (Å²) in [6.45, 7) is 1.95. The first kappa shape index (κ1) is 14.5. The maximum Gasteiger partial charge on any atom is 0.146 e. The molecule has 0 saturated heterocycles. The second-order valence-corrected chi connectivity index (χ2v) is 4.84. The molecule has 0 unspecified atom stereocenters. The first-order valence-electron chi connectivity index (χ1n) is 6.41. The number of halogens is 2. The zero-order valence-corrected chi connectivity index (χ0v) is 11.5. The van der Waals surface area contributed by atoms with Crippen molar-refractivity contribution in [3.8, 4) is 0 Å². The number of para-hydroxylation sites is 1. The van der Waals surface area contributed by atoms with Crippen molar-refractivity contribution in [1.82, 2.24) is 0 Å². The quantitative estimate of drug-likeness (QED) is 0.922. The highest BCUT2D eigenvalue weighted by molar-refractivity contribution is 5.55. The van der Waals surface area contributed by atoms with E-state index in [2.05, 4.69) is 0 Å². The lowest BCUT2D eigenvalue weighted by molar-refractivity contribution is 0.199. The highest BCUT2D eigenvalue weighted by atomic mass is 19.1. The molecular formula is C16H17F2NO. The van der Waals surface area contributed by atoms with E-state index in [1.165, 1.54) is 18.2 Å². The van der Waals surface area contributed by atoms with Gasteiger partial charge in [-0.25, -0.2) is 8.78 Å². The Hall–Kier alpha value is -1.94. The van der Waals surface area contributed by atoms with Gasteiger partial charge in [-0.2, -0.15) is 0 Å². The van der Waals surface area contributed by atoms with Gasteiger partial charge in [0, 0.05) is 19.2 Å². The van der Waals surface area contributed by atoms with Gasteiger partial charge in [-0.15, -0.1) is 0 Å². The van der Waals surface area contributed by atoms with Crippen molar-refractivity contribution < 1.29 is 13.9 Å². The Morgan fingerprint density at radius 3 is 2.50 bits per heavy atom. The second kappa shape index (κ2) is 6.01. The van der Waals surface area contributed by atoms with E-state index < -0.39 is 11.9 Å². The van der Waals surface area contributed by atoms with Crippen molar-refractivity contribution >= 4 is 5.69 Å². The maximum atomic E-state index is 14.0. The van der Waals surface area contributed by atoms with E-state index in [1.807, 2.05) is 0 Å². The van der Waals surface area contributed by atoms with Gasteiger partial charge in [0.25, 0.3) is 0 Å². The van der Waals surface area contributed by atoms with Crippen LogP contribution in [0.15, 0.2) is 42.5 Å². The van der Waals surface area contributed by atoms with E-state index in [9.17, 15) is 13.9 Å². The first-order chi connectivity index (χ1) is 9.49. The van der Waals surface area contributed by atoms with E-state index in [4.69, 9.17) is 0 Å². The van der Waals surface area contributed by atoms with Crippen molar-refractivity contribution in [2.24, 2.45) is 0 Å². The molecule has 20 heavy (non-hydrogen) atoms. The van der Waals surface area contributed by atoms with E-state index in [-0.39, 0.29) is 5.82 Å². The van der Waals surface area contributed by atoms with Gasteiger partial charge in [-0.3, -0.25) is 0 Å². The number of hydrogen-bond donors (Lipinski definition) is 1. The van der Waals surface area contributed by atoms with Crippen LogP contribution in [0.1, 0.15) is 24.2 Å². The molecule has 0 aromatic heterocycles. The van der Waals surface area contributed by atoms with Gasteiger partial charge in [-0.05, 0) is 30.7 Å². The number of nitrogens with zero attached hydrogens (tertiary/aromatic N) is 1. The molecule has 0 bridgehead atoms. The summed E-state index contributed by atoms with van der Waals surface area (Å²) in [4.78, 5) is 1.67. The number of anilines is 1. The van der Waals surface area contributed by atoms with E-state index >= 15 is 0 Å². The molecule has 2 nitrogen and oxygen atoms in total. The summed E-state index contributed by atoms with van der Waals surface area (Å²) < 4.78 is 27.2. The third-order valence-corrected chi connectivity index (χ3v) is 3.16. The predicted molar refractivity (Wildman–Crippen MR) is 75.5 cm³/mol. The zero-order chi connectivity index (χ0) is 14.7. The molecule has 106 valence electrons. The molecule has 0 spiro atoms. The van der Waals surface area contributed by atoms with Crippen molar-refractivity contribution in [2.45, 2.75) is 19.6 Å². The highest BCUT2D eigenvalue weighted by Gasteiger charge is 2.16. The van der Waals surface area contributed by atoms with Crippen molar-refractivity contribution in [2.75, 3.05) is 11.9 Å². The molecule has 0 fully saturated rings. The molecule has 0 aliphatic carbocycles. The van der Waals surface area contributed by atoms with Crippen LogP contribution in [0.5, 0.6) is 0 Å². The minimum absolute atomic E-state index is 0.319. The molecule has 4 heteroatoms. The molecule has 0 aliphatic rings. The van der Waals surface area contributed by atoms with Gasteiger partial charge in [-0.1, -0.05) is 24.3 Å². The van der Waals surface area contributed by atoms with Crippen molar-refractivity contribution in [1.29, 1.82) is 0 Å². The first-order valence-corrected chi connectivity index (χ1v) is 6.41. The minimum atomic E-state index is -0.768. The van der Waals surface area contributed by atoms with Gasteiger partial charge < -0.3 is 10.0 Å². The van der Waals surface area contributed by atoms with Crippen LogP contribution < -0.4 is 4.90 Å². The van der Waals surface area contributed by atoms with Crippen LogP contribution in [0, 0.1) is 11.6 Å². The summed E-state index contributed by atoms with van der Waals surface area (Å²) in [5.74, 6) is -0.720. The predicted octanol–water partition coefficient (Wildman–Crippen LogP) is 3.65. The van der Waals surface area contributed by atoms with E-state index in [1.54, 1.807) is 43.1 Å². The Bertz CT molecular complexity index is 599. The summed E-state index contributed by atoms with van der Waals surface area (Å²) in [5, 5.41) is 9.73. The lowest BCUT2D eigenvalue weighted by atomic mass is 10.1. The molecule has 0 radical (unpaired) electrons. The van der Waals surface area contributed by atoms with Crippen LogP contribution in [-0.2, 0) is 6.54 Å². The molecule has 1 N–H and O–H groups in total. The minimum Gasteiger partial charge on any atom is -0.389 e. The Morgan fingerprint density at radius 2 is 1.85 bits per heavy atom. The molecule has 0 saturated carbocycles. The van der Waals surface area contributed by atoms with Crippen LogP contribution in [0.25, 0.3) is 0 Å². The Balaban J connectivity index is 2.31. The lowest BCUT2D eigenvalue weighted by Gasteiger charge is -2.24. The van der Waals surface area contributed by atoms with Gasteiger partial charge in [0.05, 0.1) is 11.8 Å². The number of benzene rings is 2. The fraction of sp³-hybridized carbons (Fsp3) is 0.250. The normalized spacial score (nSPS) is 12.2. The SMILES string of the molecule is C[C@@H](O)c1cccc(F)c1N(C)Cc1cccc(F)c1. The summed E-state index contributed by atoms with van der Waals surface area (Å²) in [6, 6.07) is 10.8. The summed E-state index contributed by atoms with van der Waals surface area (Å²) in [7, 11) is 1.72. The van der Waals surface area contributed by atoms with Crippen LogP contribution in [0.4, 0.5) is 14.5 Å². The largest absolute Gasteiger partial charge is 0.389 e. The molecule has 0 amide bonds. The monoisotopic (exact) mass is 277 g/mol. The molecular weight excluding hydrogens is 260 g/mol. The van der Waals surface area contributed by atoms with Crippen LogP contribution in [0.2, 0.25) is 0 Å². The van der Waals surface area contributed by atoms with Crippen LogP contribution in [-0.4, -0.2) is 12.2 Å². The summed E-state index contributed by atoms with van der Waals surface area (Å²) in [6.07, 6.45) is -0.768. The topological polar surface area (TPSA) is 23.5 Å². The average Bonchev–Trinajstić information content (AvgIpc) is 2.38. The molecule has 0 aliphatic heterocycles. The Kier molecular flexibility index (Phi) is 4.35. The van der Waals surface area contributed by atoms with Gasteiger partial charge in [0.1, 0.15) is 11.6 Å². The molecule has 2 rings (SSSR count). The van der Waals surface area contributed by atoms with Gasteiger partial charge >= 0.3 is 0 Å². The van der Waals surface area contributed by atoms with Gasteiger partial charge in [0.15, 0.2) is 0 Å². The van der Waals surface area contributed by atoms with Crippen LogP contribution >= 0.6 is 0 Å².